The Bertz CT molecular complexity index is 416. The highest BCUT2D eigenvalue weighted by Gasteiger charge is 2.25. The topological polar surface area (TPSA) is 82.2 Å². The molecule has 6 nitrogen and oxygen atoms in total. The smallest absolute Gasteiger partial charge is 0.272 e. The van der Waals surface area contributed by atoms with Crippen molar-refractivity contribution in [1.82, 2.24) is 15.1 Å². The Morgan fingerprint density at radius 2 is 2.33 bits per heavy atom. The molecule has 1 atom stereocenters. The van der Waals surface area contributed by atoms with Crippen LogP contribution in [0.25, 0.3) is 0 Å². The highest BCUT2D eigenvalue weighted by molar-refractivity contribution is 5.93. The number of methoxy groups -OCH3 is 1. The van der Waals surface area contributed by atoms with Gasteiger partial charge in [-0.25, -0.2) is 4.68 Å². The molecule has 6 heteroatoms. The number of hydrogen-bond donors (Lipinski definition) is 2. The van der Waals surface area contributed by atoms with Crippen LogP contribution < -0.4 is 15.8 Å². The minimum absolute atomic E-state index is 0.202. The second-order valence-electron chi connectivity index (χ2n) is 4.60. The van der Waals surface area contributed by atoms with Crippen LogP contribution in [0, 0.1) is 0 Å². The molecule has 0 aliphatic heterocycles. The molecule has 0 aromatic carbocycles. The molecule has 0 aliphatic rings. The lowest BCUT2D eigenvalue weighted by Gasteiger charge is -2.28. The number of ether oxygens (including phenoxy) is 1. The zero-order valence-electron chi connectivity index (χ0n) is 11.5. The standard InChI is InChI=1S/C12H22N4O2/c1-5-12(2,6-7-13)14-11(17)9-8-10(18-4)16(3)15-9/h8H,5-7,13H2,1-4H3,(H,14,17). The molecule has 0 fully saturated rings. The van der Waals surface area contributed by atoms with Gasteiger partial charge in [0.25, 0.3) is 5.91 Å². The first-order valence-electron chi connectivity index (χ1n) is 6.06. The van der Waals surface area contributed by atoms with Crippen LogP contribution in [0.3, 0.4) is 0 Å². The molecule has 18 heavy (non-hydrogen) atoms. The van der Waals surface area contributed by atoms with Gasteiger partial charge in [0, 0.05) is 18.7 Å². The lowest BCUT2D eigenvalue weighted by molar-refractivity contribution is 0.0894. The second-order valence-corrected chi connectivity index (χ2v) is 4.60. The summed E-state index contributed by atoms with van der Waals surface area (Å²) in [6.45, 7) is 4.54. The van der Waals surface area contributed by atoms with Gasteiger partial charge in [-0.05, 0) is 26.3 Å². The number of nitrogens with two attached hydrogens (primary N) is 1. The predicted molar refractivity (Wildman–Crippen MR) is 69.6 cm³/mol. The largest absolute Gasteiger partial charge is 0.481 e. The molecule has 1 aromatic heterocycles. The van der Waals surface area contributed by atoms with E-state index in [1.54, 1.807) is 20.2 Å². The van der Waals surface area contributed by atoms with Crippen molar-refractivity contribution in [2.75, 3.05) is 13.7 Å². The molecule has 102 valence electrons. The molecule has 0 radical (unpaired) electrons. The first kappa shape index (κ1) is 14.5. The van der Waals surface area contributed by atoms with Gasteiger partial charge >= 0.3 is 0 Å². The van der Waals surface area contributed by atoms with E-state index >= 15 is 0 Å². The third-order valence-electron chi connectivity index (χ3n) is 3.17. The molecule has 0 spiro atoms. The molecule has 1 aromatic rings. The van der Waals surface area contributed by atoms with Gasteiger partial charge in [-0.2, -0.15) is 5.10 Å². The molecule has 1 amide bonds. The molecular formula is C12H22N4O2. The molecule has 3 N–H and O–H groups in total. The summed E-state index contributed by atoms with van der Waals surface area (Å²) in [7, 11) is 3.28. The summed E-state index contributed by atoms with van der Waals surface area (Å²) in [5.41, 5.74) is 5.62. The Kier molecular flexibility index (Phi) is 4.72. The fraction of sp³-hybridized carbons (Fsp3) is 0.667. The lowest BCUT2D eigenvalue weighted by atomic mass is 9.94. The van der Waals surface area contributed by atoms with E-state index in [4.69, 9.17) is 10.5 Å². The average Bonchev–Trinajstić information content (AvgIpc) is 2.71. The molecule has 0 aliphatic carbocycles. The highest BCUT2D eigenvalue weighted by Crippen LogP contribution is 2.16. The number of aryl methyl sites for hydroxylation is 1. The first-order valence-corrected chi connectivity index (χ1v) is 6.06. The minimum Gasteiger partial charge on any atom is -0.481 e. The summed E-state index contributed by atoms with van der Waals surface area (Å²) in [4.78, 5) is 12.1. The van der Waals surface area contributed by atoms with Crippen molar-refractivity contribution in [3.05, 3.63) is 11.8 Å². The zero-order valence-corrected chi connectivity index (χ0v) is 11.5. The van der Waals surface area contributed by atoms with Crippen LogP contribution in [0.2, 0.25) is 0 Å². The second kappa shape index (κ2) is 5.86. The van der Waals surface area contributed by atoms with Crippen molar-refractivity contribution in [1.29, 1.82) is 0 Å². The van der Waals surface area contributed by atoms with E-state index in [-0.39, 0.29) is 11.4 Å². The van der Waals surface area contributed by atoms with E-state index in [1.807, 2.05) is 13.8 Å². The van der Waals surface area contributed by atoms with Gasteiger partial charge in [-0.15, -0.1) is 0 Å². The number of rotatable bonds is 6. The molecule has 0 bridgehead atoms. The molecule has 0 saturated carbocycles. The Balaban J connectivity index is 2.80. The predicted octanol–water partition coefficient (Wildman–Crippen LogP) is 0.676. The first-order chi connectivity index (χ1) is 8.45. The maximum atomic E-state index is 12.1. The third-order valence-corrected chi connectivity index (χ3v) is 3.17. The van der Waals surface area contributed by atoms with E-state index in [1.165, 1.54) is 4.68 Å². The van der Waals surface area contributed by atoms with Crippen molar-refractivity contribution >= 4 is 5.91 Å². The monoisotopic (exact) mass is 254 g/mol. The summed E-state index contributed by atoms with van der Waals surface area (Å²) in [5, 5.41) is 7.08. The van der Waals surface area contributed by atoms with Crippen LogP contribution >= 0.6 is 0 Å². The number of aromatic nitrogens is 2. The molecular weight excluding hydrogens is 232 g/mol. The minimum atomic E-state index is -0.295. The summed E-state index contributed by atoms with van der Waals surface area (Å²) in [5.74, 6) is 0.351. The number of carbonyl (C=O) groups is 1. The quantitative estimate of drug-likeness (QED) is 0.782. The number of nitrogens with zero attached hydrogens (tertiary/aromatic N) is 2. The van der Waals surface area contributed by atoms with Gasteiger partial charge in [0.15, 0.2) is 5.69 Å². The van der Waals surface area contributed by atoms with Crippen LogP contribution in [0.4, 0.5) is 0 Å². The normalized spacial score (nSPS) is 14.1. The van der Waals surface area contributed by atoms with Crippen LogP contribution in [-0.2, 0) is 7.05 Å². The fourth-order valence-electron chi connectivity index (χ4n) is 1.74. The van der Waals surface area contributed by atoms with Crippen LogP contribution in [0.5, 0.6) is 5.88 Å². The number of amides is 1. The van der Waals surface area contributed by atoms with Gasteiger partial charge in [0.05, 0.1) is 7.11 Å². The highest BCUT2D eigenvalue weighted by atomic mass is 16.5. The van der Waals surface area contributed by atoms with Crippen molar-refractivity contribution in [2.45, 2.75) is 32.2 Å². The Morgan fingerprint density at radius 3 is 2.78 bits per heavy atom. The van der Waals surface area contributed by atoms with Gasteiger partial charge in [-0.1, -0.05) is 6.92 Å². The van der Waals surface area contributed by atoms with Gasteiger partial charge in [-0.3, -0.25) is 4.79 Å². The van der Waals surface area contributed by atoms with Gasteiger partial charge < -0.3 is 15.8 Å². The summed E-state index contributed by atoms with van der Waals surface area (Å²) < 4.78 is 6.61. The van der Waals surface area contributed by atoms with Crippen molar-refractivity contribution < 1.29 is 9.53 Å². The van der Waals surface area contributed by atoms with Gasteiger partial charge in [0.1, 0.15) is 0 Å². The number of nitrogens with one attached hydrogen (secondary N) is 1. The van der Waals surface area contributed by atoms with E-state index in [9.17, 15) is 4.79 Å². The molecule has 1 heterocycles. The van der Waals surface area contributed by atoms with E-state index < -0.39 is 0 Å². The zero-order chi connectivity index (χ0) is 13.8. The summed E-state index contributed by atoms with van der Waals surface area (Å²) in [6.07, 6.45) is 1.55. The fourth-order valence-corrected chi connectivity index (χ4v) is 1.74. The average molecular weight is 254 g/mol. The molecule has 0 saturated heterocycles. The molecule has 1 unspecified atom stereocenters. The lowest BCUT2D eigenvalue weighted by Crippen LogP contribution is -2.47. The molecule has 1 rings (SSSR count). The van der Waals surface area contributed by atoms with Crippen LogP contribution in [0.15, 0.2) is 6.07 Å². The van der Waals surface area contributed by atoms with E-state index in [2.05, 4.69) is 10.4 Å². The maximum absolute atomic E-state index is 12.1. The Hall–Kier alpha value is -1.56. The SMILES string of the molecule is CCC(C)(CCN)NC(=O)c1cc(OC)n(C)n1. The summed E-state index contributed by atoms with van der Waals surface area (Å²) >= 11 is 0. The van der Waals surface area contributed by atoms with Gasteiger partial charge in [0.2, 0.25) is 5.88 Å². The van der Waals surface area contributed by atoms with Crippen LogP contribution in [0.1, 0.15) is 37.2 Å². The van der Waals surface area contributed by atoms with Crippen molar-refractivity contribution in [2.24, 2.45) is 12.8 Å². The van der Waals surface area contributed by atoms with Crippen molar-refractivity contribution in [3.8, 4) is 5.88 Å². The maximum Gasteiger partial charge on any atom is 0.272 e. The van der Waals surface area contributed by atoms with E-state index in [0.29, 0.717) is 18.1 Å². The third kappa shape index (κ3) is 3.22. The van der Waals surface area contributed by atoms with Crippen molar-refractivity contribution in [3.63, 3.8) is 0 Å². The Morgan fingerprint density at radius 1 is 1.67 bits per heavy atom. The van der Waals surface area contributed by atoms with Crippen LogP contribution in [-0.4, -0.2) is 34.9 Å². The number of carbonyl (C=O) groups excluding carboxylic acids is 1. The summed E-state index contributed by atoms with van der Waals surface area (Å²) in [6, 6.07) is 1.62. The van der Waals surface area contributed by atoms with E-state index in [0.717, 1.165) is 12.8 Å². The Labute approximate surface area is 107 Å². The number of hydrogen-bond acceptors (Lipinski definition) is 4.